The van der Waals surface area contributed by atoms with Crippen molar-refractivity contribution < 1.29 is 0 Å². The largest absolute Gasteiger partial charge is 0.0860 e. The summed E-state index contributed by atoms with van der Waals surface area (Å²) >= 11 is 2.46. The molecular formula is C18H13I. The fraction of sp³-hybridized carbons (Fsp3) is 0.111. The molecule has 0 saturated heterocycles. The Kier molecular flexibility index (Phi) is 2.62. The van der Waals surface area contributed by atoms with Crippen LogP contribution in [0.5, 0.6) is 0 Å². The van der Waals surface area contributed by atoms with E-state index in [4.69, 9.17) is 0 Å². The molecule has 0 saturated carbocycles. The van der Waals surface area contributed by atoms with Crippen LogP contribution in [0, 0.1) is 0 Å². The van der Waals surface area contributed by atoms with Crippen LogP contribution in [0.25, 0.3) is 33.0 Å². The summed E-state index contributed by atoms with van der Waals surface area (Å²) in [5.41, 5.74) is 7.18. The first-order valence-electron chi connectivity index (χ1n) is 6.60. The first-order valence-corrected chi connectivity index (χ1v) is 8.13. The van der Waals surface area contributed by atoms with Gasteiger partial charge >= 0.3 is 0 Å². The molecule has 0 radical (unpaired) electrons. The zero-order valence-electron chi connectivity index (χ0n) is 10.5. The summed E-state index contributed by atoms with van der Waals surface area (Å²) in [7, 11) is 0. The molecule has 0 N–H and O–H groups in total. The SMILES string of the molecule is ICCc1cccc2c1-c1cccc3cccc-2c13. The van der Waals surface area contributed by atoms with E-state index in [1.54, 1.807) is 0 Å². The Morgan fingerprint density at radius 3 is 2.21 bits per heavy atom. The van der Waals surface area contributed by atoms with E-state index >= 15 is 0 Å². The summed E-state index contributed by atoms with van der Waals surface area (Å²) < 4.78 is 1.17. The van der Waals surface area contributed by atoms with Gasteiger partial charge in [0.2, 0.25) is 0 Å². The summed E-state index contributed by atoms with van der Waals surface area (Å²) in [6.45, 7) is 0. The van der Waals surface area contributed by atoms with Gasteiger partial charge in [0.05, 0.1) is 0 Å². The summed E-state index contributed by atoms with van der Waals surface area (Å²) in [6.07, 6.45) is 1.15. The highest BCUT2D eigenvalue weighted by Crippen LogP contribution is 2.48. The number of hydrogen-bond donors (Lipinski definition) is 0. The maximum atomic E-state index is 2.46. The number of halogens is 1. The molecule has 0 bridgehead atoms. The van der Waals surface area contributed by atoms with Gasteiger partial charge in [-0.1, -0.05) is 77.2 Å². The third-order valence-electron chi connectivity index (χ3n) is 3.98. The Morgan fingerprint density at radius 2 is 1.42 bits per heavy atom. The van der Waals surface area contributed by atoms with E-state index < -0.39 is 0 Å². The molecule has 19 heavy (non-hydrogen) atoms. The lowest BCUT2D eigenvalue weighted by molar-refractivity contribution is 1.19. The molecule has 0 atom stereocenters. The van der Waals surface area contributed by atoms with Crippen LogP contribution in [0.15, 0.2) is 54.6 Å². The topological polar surface area (TPSA) is 0 Å². The van der Waals surface area contributed by atoms with Crippen LogP contribution in [-0.4, -0.2) is 4.43 Å². The van der Waals surface area contributed by atoms with Crippen molar-refractivity contribution in [2.45, 2.75) is 6.42 Å². The second-order valence-corrected chi connectivity index (χ2v) is 6.07. The minimum Gasteiger partial charge on any atom is -0.0860 e. The number of alkyl halides is 1. The monoisotopic (exact) mass is 356 g/mol. The fourth-order valence-corrected chi connectivity index (χ4v) is 3.81. The third-order valence-corrected chi connectivity index (χ3v) is 4.52. The van der Waals surface area contributed by atoms with Crippen LogP contribution >= 0.6 is 22.6 Å². The average molecular weight is 356 g/mol. The lowest BCUT2D eigenvalue weighted by atomic mass is 9.97. The van der Waals surface area contributed by atoms with Crippen LogP contribution in [0.4, 0.5) is 0 Å². The zero-order chi connectivity index (χ0) is 12.8. The maximum absolute atomic E-state index is 2.46. The Morgan fingerprint density at radius 1 is 0.737 bits per heavy atom. The molecule has 0 aromatic heterocycles. The molecule has 0 amide bonds. The highest BCUT2D eigenvalue weighted by atomic mass is 127. The van der Waals surface area contributed by atoms with Gasteiger partial charge in [-0.3, -0.25) is 0 Å². The van der Waals surface area contributed by atoms with Crippen molar-refractivity contribution in [3.05, 3.63) is 60.2 Å². The molecule has 0 fully saturated rings. The Balaban J connectivity index is 2.15. The lowest BCUT2D eigenvalue weighted by Crippen LogP contribution is -1.90. The number of aryl methyl sites for hydroxylation is 1. The standard InChI is InChI=1S/C18H13I/c19-11-10-13-6-2-8-15-14-7-1-4-12-5-3-9-16(17(12)14)18(13)15/h1-9H,10-11H2. The zero-order valence-corrected chi connectivity index (χ0v) is 12.6. The fourth-order valence-electron chi connectivity index (χ4n) is 3.23. The maximum Gasteiger partial charge on any atom is 0.00360 e. The summed E-state index contributed by atoms with van der Waals surface area (Å²) in [5.74, 6) is 0. The van der Waals surface area contributed by atoms with Gasteiger partial charge < -0.3 is 0 Å². The van der Waals surface area contributed by atoms with Crippen molar-refractivity contribution in [3.8, 4) is 22.3 Å². The number of rotatable bonds is 2. The van der Waals surface area contributed by atoms with Gasteiger partial charge in [-0.05, 0) is 45.0 Å². The van der Waals surface area contributed by atoms with Crippen LogP contribution in [0.1, 0.15) is 5.56 Å². The number of hydrogen-bond acceptors (Lipinski definition) is 0. The van der Waals surface area contributed by atoms with Gasteiger partial charge in [-0.25, -0.2) is 0 Å². The van der Waals surface area contributed by atoms with E-state index in [1.807, 2.05) is 0 Å². The van der Waals surface area contributed by atoms with E-state index in [-0.39, 0.29) is 0 Å². The van der Waals surface area contributed by atoms with E-state index in [0.29, 0.717) is 0 Å². The number of fused-ring (bicyclic) bond motifs is 3. The molecule has 0 aliphatic heterocycles. The minimum absolute atomic E-state index is 1.15. The van der Waals surface area contributed by atoms with E-state index in [1.165, 1.54) is 43.0 Å². The molecule has 1 aliphatic rings. The van der Waals surface area contributed by atoms with Gasteiger partial charge in [-0.15, -0.1) is 0 Å². The predicted molar refractivity (Wildman–Crippen MR) is 91.0 cm³/mol. The summed E-state index contributed by atoms with van der Waals surface area (Å²) in [6, 6.07) is 20.0. The smallest absolute Gasteiger partial charge is 0.00360 e. The lowest BCUT2D eigenvalue weighted by Gasteiger charge is -2.08. The van der Waals surface area contributed by atoms with Crippen LogP contribution in [0.2, 0.25) is 0 Å². The van der Waals surface area contributed by atoms with Crippen molar-refractivity contribution >= 4 is 33.4 Å². The van der Waals surface area contributed by atoms with Crippen molar-refractivity contribution in [3.63, 3.8) is 0 Å². The van der Waals surface area contributed by atoms with E-state index in [0.717, 1.165) is 6.42 Å². The Hall–Kier alpha value is -1.35. The third kappa shape index (κ3) is 1.57. The summed E-state index contributed by atoms with van der Waals surface area (Å²) in [5, 5.41) is 2.78. The average Bonchev–Trinajstić information content (AvgIpc) is 2.78. The highest BCUT2D eigenvalue weighted by molar-refractivity contribution is 14.1. The van der Waals surface area contributed by atoms with Crippen LogP contribution in [-0.2, 0) is 6.42 Å². The minimum atomic E-state index is 1.15. The second kappa shape index (κ2) is 4.34. The first-order chi connectivity index (χ1) is 9.40. The van der Waals surface area contributed by atoms with Crippen molar-refractivity contribution in [1.29, 1.82) is 0 Å². The second-order valence-electron chi connectivity index (χ2n) is 4.99. The highest BCUT2D eigenvalue weighted by Gasteiger charge is 2.22. The van der Waals surface area contributed by atoms with Gasteiger partial charge in [-0.2, -0.15) is 0 Å². The van der Waals surface area contributed by atoms with Gasteiger partial charge in [0.15, 0.2) is 0 Å². The van der Waals surface area contributed by atoms with E-state index in [9.17, 15) is 0 Å². The molecule has 0 heterocycles. The Labute approximate surface area is 126 Å². The molecule has 3 aromatic carbocycles. The molecule has 0 spiro atoms. The van der Waals surface area contributed by atoms with Crippen molar-refractivity contribution in [1.82, 2.24) is 0 Å². The Bertz CT molecular complexity index is 782. The normalized spacial score (nSPS) is 11.8. The molecule has 92 valence electrons. The van der Waals surface area contributed by atoms with Crippen LogP contribution in [0.3, 0.4) is 0 Å². The molecular weight excluding hydrogens is 343 g/mol. The quantitative estimate of drug-likeness (QED) is 0.330. The first kappa shape index (κ1) is 11.5. The number of benzene rings is 3. The van der Waals surface area contributed by atoms with Gasteiger partial charge in [0.1, 0.15) is 0 Å². The molecule has 3 aromatic rings. The predicted octanol–water partition coefficient (Wildman–Crippen LogP) is 5.46. The van der Waals surface area contributed by atoms with Gasteiger partial charge in [0, 0.05) is 4.43 Å². The van der Waals surface area contributed by atoms with E-state index in [2.05, 4.69) is 77.2 Å². The molecule has 4 rings (SSSR count). The van der Waals surface area contributed by atoms with Gasteiger partial charge in [0.25, 0.3) is 0 Å². The molecule has 0 unspecified atom stereocenters. The molecule has 1 aliphatic carbocycles. The molecule has 0 nitrogen and oxygen atoms in total. The molecule has 1 heteroatoms. The van der Waals surface area contributed by atoms with Crippen LogP contribution < -0.4 is 0 Å². The van der Waals surface area contributed by atoms with Crippen molar-refractivity contribution in [2.75, 3.05) is 4.43 Å². The summed E-state index contributed by atoms with van der Waals surface area (Å²) in [4.78, 5) is 0. The van der Waals surface area contributed by atoms with Crippen molar-refractivity contribution in [2.24, 2.45) is 0 Å².